The van der Waals surface area contributed by atoms with Crippen molar-refractivity contribution in [3.05, 3.63) is 90.0 Å². The molecule has 0 amide bonds. The van der Waals surface area contributed by atoms with Crippen LogP contribution in [-0.2, 0) is 0 Å². The van der Waals surface area contributed by atoms with Crippen molar-refractivity contribution in [2.24, 2.45) is 5.10 Å². The second kappa shape index (κ2) is 9.06. The summed E-state index contributed by atoms with van der Waals surface area (Å²) < 4.78 is 0. The van der Waals surface area contributed by atoms with Crippen molar-refractivity contribution in [1.29, 1.82) is 0 Å². The molecule has 172 valence electrons. The topological polar surface area (TPSA) is 50.8 Å². The van der Waals surface area contributed by atoms with Crippen LogP contribution in [0.3, 0.4) is 0 Å². The van der Waals surface area contributed by atoms with E-state index in [0.717, 1.165) is 34.7 Å². The van der Waals surface area contributed by atoms with Crippen LogP contribution in [0.1, 0.15) is 23.6 Å². The maximum absolute atomic E-state index is 4.98. The van der Waals surface area contributed by atoms with E-state index in [4.69, 9.17) is 10.1 Å². The van der Waals surface area contributed by atoms with E-state index in [1.165, 1.54) is 16.9 Å². The fourth-order valence-electron chi connectivity index (χ4n) is 4.21. The molecule has 0 radical (unpaired) electrons. The molecule has 1 aliphatic rings. The first-order valence-corrected chi connectivity index (χ1v) is 11.5. The van der Waals surface area contributed by atoms with Crippen LogP contribution >= 0.6 is 0 Å². The lowest BCUT2D eigenvalue weighted by Crippen LogP contribution is -2.20. The number of hydrazone groups is 1. The normalized spacial score (nSPS) is 15.8. The minimum Gasteiger partial charge on any atom is -0.378 e. The molecule has 1 aromatic heterocycles. The van der Waals surface area contributed by atoms with Gasteiger partial charge in [0.2, 0.25) is 5.95 Å². The van der Waals surface area contributed by atoms with E-state index in [-0.39, 0.29) is 6.04 Å². The van der Waals surface area contributed by atoms with Gasteiger partial charge >= 0.3 is 0 Å². The van der Waals surface area contributed by atoms with Crippen molar-refractivity contribution in [2.75, 3.05) is 43.0 Å². The lowest BCUT2D eigenvalue weighted by molar-refractivity contribution is 0.692. The van der Waals surface area contributed by atoms with E-state index in [0.29, 0.717) is 0 Å². The van der Waals surface area contributed by atoms with E-state index >= 15 is 0 Å². The highest BCUT2D eigenvalue weighted by atomic mass is 15.5. The van der Waals surface area contributed by atoms with Gasteiger partial charge in [-0.25, -0.2) is 9.99 Å². The number of imidazole rings is 1. The van der Waals surface area contributed by atoms with E-state index < -0.39 is 0 Å². The van der Waals surface area contributed by atoms with Gasteiger partial charge < -0.3 is 14.8 Å². The number of hydrogen-bond acceptors (Lipinski definition) is 5. The molecule has 1 atom stereocenters. The quantitative estimate of drug-likeness (QED) is 0.408. The zero-order valence-electron chi connectivity index (χ0n) is 20.1. The first-order valence-electron chi connectivity index (χ1n) is 11.5. The fourth-order valence-corrected chi connectivity index (χ4v) is 4.21. The molecule has 0 spiro atoms. The molecule has 0 fully saturated rings. The van der Waals surface area contributed by atoms with E-state index in [1.807, 2.05) is 29.3 Å². The van der Waals surface area contributed by atoms with E-state index in [9.17, 15) is 0 Å². The number of nitrogens with zero attached hydrogens (tertiary/aromatic N) is 5. The Labute approximate surface area is 200 Å². The Morgan fingerprint density at radius 1 is 0.824 bits per heavy atom. The number of rotatable bonds is 6. The third kappa shape index (κ3) is 4.39. The molecule has 3 aromatic carbocycles. The molecule has 0 saturated carbocycles. The van der Waals surface area contributed by atoms with Gasteiger partial charge in [-0.3, -0.25) is 0 Å². The Balaban J connectivity index is 1.46. The average molecular weight is 451 g/mol. The maximum Gasteiger partial charge on any atom is 0.225 e. The molecule has 1 unspecified atom stereocenters. The molecule has 6 nitrogen and oxygen atoms in total. The van der Waals surface area contributed by atoms with Crippen LogP contribution in [0.2, 0.25) is 0 Å². The van der Waals surface area contributed by atoms with Crippen LogP contribution in [0.15, 0.2) is 84.0 Å². The van der Waals surface area contributed by atoms with Crippen LogP contribution in [-0.4, -0.2) is 43.9 Å². The highest BCUT2D eigenvalue weighted by Crippen LogP contribution is 2.35. The number of para-hydroxylation sites is 2. The van der Waals surface area contributed by atoms with Gasteiger partial charge in [0.15, 0.2) is 0 Å². The van der Waals surface area contributed by atoms with Crippen molar-refractivity contribution in [2.45, 2.75) is 12.5 Å². The highest BCUT2D eigenvalue weighted by Gasteiger charge is 2.30. The predicted molar refractivity (Wildman–Crippen MR) is 144 cm³/mol. The Morgan fingerprint density at radius 2 is 1.47 bits per heavy atom. The molecule has 0 aliphatic carbocycles. The van der Waals surface area contributed by atoms with Crippen molar-refractivity contribution in [3.63, 3.8) is 0 Å². The summed E-state index contributed by atoms with van der Waals surface area (Å²) in [6.07, 6.45) is 5.06. The number of aromatic amines is 1. The first-order chi connectivity index (χ1) is 16.5. The van der Waals surface area contributed by atoms with Crippen LogP contribution in [0.25, 0.3) is 17.1 Å². The van der Waals surface area contributed by atoms with E-state index in [1.54, 1.807) is 0 Å². The molecule has 4 aromatic rings. The van der Waals surface area contributed by atoms with E-state index in [2.05, 4.69) is 104 Å². The highest BCUT2D eigenvalue weighted by molar-refractivity contribution is 6.01. The van der Waals surface area contributed by atoms with Gasteiger partial charge in [-0.15, -0.1) is 0 Å². The molecule has 1 aliphatic heterocycles. The van der Waals surface area contributed by atoms with Gasteiger partial charge in [0.05, 0.1) is 22.8 Å². The summed E-state index contributed by atoms with van der Waals surface area (Å²) in [5.41, 5.74) is 7.72. The summed E-state index contributed by atoms with van der Waals surface area (Å²) in [6, 6.07) is 25.4. The summed E-state index contributed by atoms with van der Waals surface area (Å²) in [4.78, 5) is 12.5. The molecule has 6 heteroatoms. The summed E-state index contributed by atoms with van der Waals surface area (Å²) in [5, 5.41) is 7.01. The molecule has 34 heavy (non-hydrogen) atoms. The largest absolute Gasteiger partial charge is 0.378 e. The van der Waals surface area contributed by atoms with Gasteiger partial charge in [0.1, 0.15) is 0 Å². The second-order valence-corrected chi connectivity index (χ2v) is 9.04. The van der Waals surface area contributed by atoms with Gasteiger partial charge in [-0.2, -0.15) is 5.10 Å². The Bertz CT molecular complexity index is 1300. The average Bonchev–Trinajstić information content (AvgIpc) is 3.47. The number of nitrogens with one attached hydrogen (secondary N) is 1. The number of aromatic nitrogens is 2. The lowest BCUT2D eigenvalue weighted by atomic mass is 10.0. The molecular weight excluding hydrogens is 420 g/mol. The van der Waals surface area contributed by atoms with Crippen molar-refractivity contribution < 1.29 is 0 Å². The lowest BCUT2D eigenvalue weighted by Gasteiger charge is -2.22. The summed E-state index contributed by atoms with van der Waals surface area (Å²) in [7, 11) is 8.22. The Hall–Kier alpha value is -4.06. The van der Waals surface area contributed by atoms with Gasteiger partial charge in [-0.1, -0.05) is 42.5 Å². The standard InChI is InChI=1S/C28H30N6/c1-32(2)23-15-10-20(11-16-23)9-14-22-19-27(21-12-17-24(18-13-21)33(3)4)34(31-22)28-29-25-7-5-6-8-26(25)30-28/h5-18,27H,19H2,1-4H3,(H,29,30)/b14-9+. The molecular formula is C28H30N6. The SMILES string of the molecule is CN(C)c1ccc(/C=C/C2=NN(c3nc4ccccc4[nH]3)C(c3ccc(N(C)C)cc3)C2)cc1. The van der Waals surface area contributed by atoms with Crippen LogP contribution in [0.5, 0.6) is 0 Å². The maximum atomic E-state index is 4.98. The number of benzene rings is 3. The van der Waals surface area contributed by atoms with Crippen molar-refractivity contribution >= 4 is 40.1 Å². The van der Waals surface area contributed by atoms with Gasteiger partial charge in [-0.05, 0) is 53.6 Å². The minimum atomic E-state index is 0.0764. The second-order valence-electron chi connectivity index (χ2n) is 9.04. The molecule has 0 saturated heterocycles. The third-order valence-corrected chi connectivity index (χ3v) is 6.20. The number of fused-ring (bicyclic) bond motifs is 1. The molecule has 5 rings (SSSR count). The van der Waals surface area contributed by atoms with Gasteiger partial charge in [0.25, 0.3) is 0 Å². The molecule has 2 heterocycles. The zero-order chi connectivity index (χ0) is 23.7. The molecule has 0 bridgehead atoms. The summed E-state index contributed by atoms with van der Waals surface area (Å²) >= 11 is 0. The summed E-state index contributed by atoms with van der Waals surface area (Å²) in [5.74, 6) is 0.765. The monoisotopic (exact) mass is 450 g/mol. The Kier molecular flexibility index (Phi) is 5.80. The number of H-pyrrole nitrogens is 1. The predicted octanol–water partition coefficient (Wildman–Crippen LogP) is 5.72. The van der Waals surface area contributed by atoms with Crippen molar-refractivity contribution in [1.82, 2.24) is 9.97 Å². The van der Waals surface area contributed by atoms with Crippen LogP contribution in [0, 0.1) is 0 Å². The Morgan fingerprint density at radius 3 is 2.12 bits per heavy atom. The smallest absolute Gasteiger partial charge is 0.225 e. The zero-order valence-corrected chi connectivity index (χ0v) is 20.1. The third-order valence-electron chi connectivity index (χ3n) is 6.20. The van der Waals surface area contributed by atoms with Crippen molar-refractivity contribution in [3.8, 4) is 0 Å². The van der Waals surface area contributed by atoms with Crippen LogP contribution in [0.4, 0.5) is 17.3 Å². The molecule has 1 N–H and O–H groups in total. The number of anilines is 3. The first kappa shape index (κ1) is 21.8. The van der Waals surface area contributed by atoms with Gasteiger partial charge in [0, 0.05) is 46.0 Å². The fraction of sp³-hybridized carbons (Fsp3) is 0.214. The summed E-state index contributed by atoms with van der Waals surface area (Å²) in [6.45, 7) is 0. The minimum absolute atomic E-state index is 0.0764. The number of allylic oxidation sites excluding steroid dienone is 1. The van der Waals surface area contributed by atoms with Crippen LogP contribution < -0.4 is 14.8 Å². The number of hydrogen-bond donors (Lipinski definition) is 1.